The van der Waals surface area contributed by atoms with E-state index >= 15 is 0 Å². The topological polar surface area (TPSA) is 17.1 Å². The Labute approximate surface area is 86.9 Å². The highest BCUT2D eigenvalue weighted by atomic mass is 16.1. The molecular weight excluding hydrogens is 172 g/mol. The molecule has 0 heterocycles. The minimum Gasteiger partial charge on any atom is -0.295 e. The van der Waals surface area contributed by atoms with Gasteiger partial charge in [0.15, 0.2) is 5.78 Å². The summed E-state index contributed by atoms with van der Waals surface area (Å²) in [6, 6.07) is 0. The van der Waals surface area contributed by atoms with Gasteiger partial charge in [0.25, 0.3) is 0 Å². The second-order valence-corrected chi connectivity index (χ2v) is 4.19. The molecule has 0 saturated heterocycles. The lowest BCUT2D eigenvalue weighted by molar-refractivity contribution is -0.116. The average molecular weight is 192 g/mol. The fraction of sp³-hybridized carbons (Fsp3) is 0.615. The molecule has 1 rings (SSSR count). The first-order valence-corrected chi connectivity index (χ1v) is 5.57. The Morgan fingerprint density at radius 3 is 2.86 bits per heavy atom. The van der Waals surface area contributed by atoms with Gasteiger partial charge in [-0.2, -0.15) is 0 Å². The third-order valence-corrected chi connectivity index (χ3v) is 2.65. The highest BCUT2D eigenvalue weighted by molar-refractivity contribution is 5.91. The SMILES string of the molecule is CC/C=C\CCC1CC(=O)C=C(C)C1. The van der Waals surface area contributed by atoms with Gasteiger partial charge >= 0.3 is 0 Å². The molecule has 0 aromatic carbocycles. The molecule has 0 N–H and O–H groups in total. The summed E-state index contributed by atoms with van der Waals surface area (Å²) < 4.78 is 0. The van der Waals surface area contributed by atoms with E-state index in [0.717, 1.165) is 32.1 Å². The zero-order valence-corrected chi connectivity index (χ0v) is 9.25. The predicted molar refractivity (Wildman–Crippen MR) is 60.2 cm³/mol. The van der Waals surface area contributed by atoms with Crippen LogP contribution >= 0.6 is 0 Å². The molecule has 1 aliphatic rings. The zero-order valence-electron chi connectivity index (χ0n) is 9.25. The Bertz CT molecular complexity index is 248. The van der Waals surface area contributed by atoms with Crippen molar-refractivity contribution in [2.75, 3.05) is 0 Å². The van der Waals surface area contributed by atoms with E-state index in [4.69, 9.17) is 0 Å². The Hall–Kier alpha value is -0.850. The lowest BCUT2D eigenvalue weighted by Crippen LogP contribution is -2.12. The number of hydrogen-bond donors (Lipinski definition) is 0. The van der Waals surface area contributed by atoms with E-state index in [1.54, 1.807) is 6.08 Å². The van der Waals surface area contributed by atoms with Gasteiger partial charge in [0.1, 0.15) is 0 Å². The van der Waals surface area contributed by atoms with Crippen LogP contribution in [0.3, 0.4) is 0 Å². The molecule has 0 saturated carbocycles. The molecule has 1 unspecified atom stereocenters. The van der Waals surface area contributed by atoms with E-state index in [0.29, 0.717) is 11.7 Å². The fourth-order valence-corrected chi connectivity index (χ4v) is 2.03. The molecular formula is C13H20O. The predicted octanol–water partition coefficient (Wildman–Crippen LogP) is 3.66. The third kappa shape index (κ3) is 3.91. The monoisotopic (exact) mass is 192 g/mol. The molecule has 0 aromatic heterocycles. The van der Waals surface area contributed by atoms with Crippen molar-refractivity contribution < 1.29 is 4.79 Å². The standard InChI is InChI=1S/C13H20O/c1-3-4-5-6-7-12-8-11(2)9-13(14)10-12/h4-5,9,12H,3,6-8,10H2,1-2H3/b5-4-. The third-order valence-electron chi connectivity index (χ3n) is 2.65. The van der Waals surface area contributed by atoms with Crippen LogP contribution in [0.25, 0.3) is 0 Å². The summed E-state index contributed by atoms with van der Waals surface area (Å²) in [7, 11) is 0. The molecule has 1 nitrogen and oxygen atoms in total. The molecule has 14 heavy (non-hydrogen) atoms. The van der Waals surface area contributed by atoms with Crippen LogP contribution in [0.2, 0.25) is 0 Å². The smallest absolute Gasteiger partial charge is 0.155 e. The summed E-state index contributed by atoms with van der Waals surface area (Å²) in [5.74, 6) is 0.909. The van der Waals surface area contributed by atoms with Gasteiger partial charge in [0.05, 0.1) is 0 Å². The van der Waals surface area contributed by atoms with Crippen molar-refractivity contribution in [2.24, 2.45) is 5.92 Å². The summed E-state index contributed by atoms with van der Waals surface area (Å²) >= 11 is 0. The van der Waals surface area contributed by atoms with Gasteiger partial charge in [-0.05, 0) is 44.6 Å². The summed E-state index contributed by atoms with van der Waals surface area (Å²) in [6.07, 6.45) is 11.5. The first-order valence-electron chi connectivity index (χ1n) is 5.57. The summed E-state index contributed by atoms with van der Waals surface area (Å²) in [5, 5.41) is 0. The molecule has 0 amide bonds. The number of carbonyl (C=O) groups is 1. The lowest BCUT2D eigenvalue weighted by Gasteiger charge is -2.19. The van der Waals surface area contributed by atoms with Crippen molar-refractivity contribution >= 4 is 5.78 Å². The highest BCUT2D eigenvalue weighted by Gasteiger charge is 2.17. The van der Waals surface area contributed by atoms with Gasteiger partial charge in [-0.25, -0.2) is 0 Å². The molecule has 78 valence electrons. The van der Waals surface area contributed by atoms with Crippen molar-refractivity contribution in [3.8, 4) is 0 Å². The van der Waals surface area contributed by atoms with Gasteiger partial charge in [0.2, 0.25) is 0 Å². The molecule has 0 fully saturated rings. The van der Waals surface area contributed by atoms with E-state index < -0.39 is 0 Å². The molecule has 0 spiro atoms. The maximum Gasteiger partial charge on any atom is 0.155 e. The van der Waals surface area contributed by atoms with Gasteiger partial charge in [-0.1, -0.05) is 24.6 Å². The fourth-order valence-electron chi connectivity index (χ4n) is 2.03. The second kappa shape index (κ2) is 5.79. The maximum atomic E-state index is 11.3. The second-order valence-electron chi connectivity index (χ2n) is 4.19. The Morgan fingerprint density at radius 1 is 1.43 bits per heavy atom. The molecule has 0 aliphatic heterocycles. The number of allylic oxidation sites excluding steroid dienone is 4. The maximum absolute atomic E-state index is 11.3. The largest absolute Gasteiger partial charge is 0.295 e. The van der Waals surface area contributed by atoms with E-state index in [1.165, 1.54) is 5.57 Å². The van der Waals surface area contributed by atoms with E-state index in [2.05, 4.69) is 26.0 Å². The van der Waals surface area contributed by atoms with Gasteiger partial charge in [0, 0.05) is 6.42 Å². The molecule has 1 aliphatic carbocycles. The Balaban J connectivity index is 2.30. The molecule has 0 radical (unpaired) electrons. The molecule has 0 aromatic rings. The normalized spacial score (nSPS) is 22.9. The van der Waals surface area contributed by atoms with Gasteiger partial charge < -0.3 is 0 Å². The molecule has 0 bridgehead atoms. The van der Waals surface area contributed by atoms with Gasteiger partial charge in [-0.3, -0.25) is 4.79 Å². The first kappa shape index (κ1) is 11.2. The van der Waals surface area contributed by atoms with Crippen molar-refractivity contribution in [3.63, 3.8) is 0 Å². The molecule has 1 heteroatoms. The summed E-state index contributed by atoms with van der Waals surface area (Å²) in [6.45, 7) is 4.21. The minimum atomic E-state index is 0.318. The number of rotatable bonds is 4. The van der Waals surface area contributed by atoms with E-state index in [1.807, 2.05) is 0 Å². The van der Waals surface area contributed by atoms with Crippen LogP contribution in [-0.4, -0.2) is 5.78 Å². The summed E-state index contributed by atoms with van der Waals surface area (Å²) in [5.41, 5.74) is 1.26. The van der Waals surface area contributed by atoms with Crippen LogP contribution in [0.5, 0.6) is 0 Å². The zero-order chi connectivity index (χ0) is 10.4. The lowest BCUT2D eigenvalue weighted by atomic mass is 9.86. The Morgan fingerprint density at radius 2 is 2.21 bits per heavy atom. The van der Waals surface area contributed by atoms with Crippen molar-refractivity contribution in [1.82, 2.24) is 0 Å². The van der Waals surface area contributed by atoms with Crippen LogP contribution < -0.4 is 0 Å². The number of carbonyl (C=O) groups excluding carboxylic acids is 1. The number of hydrogen-bond acceptors (Lipinski definition) is 1. The van der Waals surface area contributed by atoms with Crippen LogP contribution in [0.15, 0.2) is 23.8 Å². The van der Waals surface area contributed by atoms with Crippen molar-refractivity contribution in [2.45, 2.75) is 46.0 Å². The van der Waals surface area contributed by atoms with Crippen LogP contribution in [-0.2, 0) is 4.79 Å². The quantitative estimate of drug-likeness (QED) is 0.621. The van der Waals surface area contributed by atoms with Crippen LogP contribution in [0.4, 0.5) is 0 Å². The van der Waals surface area contributed by atoms with Crippen molar-refractivity contribution in [1.29, 1.82) is 0 Å². The van der Waals surface area contributed by atoms with E-state index in [-0.39, 0.29) is 0 Å². The van der Waals surface area contributed by atoms with Gasteiger partial charge in [-0.15, -0.1) is 0 Å². The molecule has 1 atom stereocenters. The summed E-state index contributed by atoms with van der Waals surface area (Å²) in [4.78, 5) is 11.3. The average Bonchev–Trinajstić information content (AvgIpc) is 2.11. The Kier molecular flexibility index (Phi) is 4.64. The van der Waals surface area contributed by atoms with Crippen LogP contribution in [0, 0.1) is 5.92 Å². The van der Waals surface area contributed by atoms with E-state index in [9.17, 15) is 4.79 Å². The van der Waals surface area contributed by atoms with Crippen LogP contribution in [0.1, 0.15) is 46.0 Å². The first-order chi connectivity index (χ1) is 6.72. The highest BCUT2D eigenvalue weighted by Crippen LogP contribution is 2.25. The minimum absolute atomic E-state index is 0.318. The number of ketones is 1. The van der Waals surface area contributed by atoms with Crippen molar-refractivity contribution in [3.05, 3.63) is 23.8 Å².